The number of aliphatic hydroxyl groups is 1. The number of β-amino-alcohol motifs (C(OH)–C–C–N with tert-alkyl or cyclic N) is 1. The molecule has 1 aliphatic heterocycles. The zero-order chi connectivity index (χ0) is 17.0. The van der Waals surface area contributed by atoms with Crippen LogP contribution in [-0.4, -0.2) is 54.6 Å². The van der Waals surface area contributed by atoms with Gasteiger partial charge >= 0.3 is 0 Å². The number of nitrogens with zero attached hydrogens (tertiary/aromatic N) is 1. The van der Waals surface area contributed by atoms with E-state index < -0.39 is 17.2 Å². The number of halogens is 2. The van der Waals surface area contributed by atoms with Gasteiger partial charge in [-0.05, 0) is 25.0 Å². The first-order valence-electron chi connectivity index (χ1n) is 8.68. The summed E-state index contributed by atoms with van der Waals surface area (Å²) in [5.74, 6) is -1.67. The lowest BCUT2D eigenvalue weighted by Crippen LogP contribution is -2.51. The van der Waals surface area contributed by atoms with Gasteiger partial charge in [-0.1, -0.05) is 19.3 Å². The molecular weight excluding hydrogens is 316 g/mol. The summed E-state index contributed by atoms with van der Waals surface area (Å²) in [6.07, 6.45) is 6.04. The van der Waals surface area contributed by atoms with Gasteiger partial charge in [-0.2, -0.15) is 0 Å². The van der Waals surface area contributed by atoms with Crippen molar-refractivity contribution in [1.82, 2.24) is 4.90 Å². The van der Waals surface area contributed by atoms with E-state index in [0.717, 1.165) is 31.5 Å². The summed E-state index contributed by atoms with van der Waals surface area (Å²) in [6, 6.07) is 3.86. The van der Waals surface area contributed by atoms with E-state index in [9.17, 15) is 13.9 Å². The number of rotatable bonds is 4. The minimum Gasteiger partial charge on any atom is -0.490 e. The smallest absolute Gasteiger partial charge is 0.162 e. The minimum atomic E-state index is -1.15. The highest BCUT2D eigenvalue weighted by molar-refractivity contribution is 5.23. The molecule has 0 amide bonds. The van der Waals surface area contributed by atoms with Gasteiger partial charge in [0.05, 0.1) is 13.2 Å². The van der Waals surface area contributed by atoms with Crippen LogP contribution in [0.2, 0.25) is 0 Å². The maximum Gasteiger partial charge on any atom is 0.162 e. The number of hydrogen-bond donors (Lipinski definition) is 1. The molecule has 1 aromatic carbocycles. The van der Waals surface area contributed by atoms with Crippen LogP contribution in [0.3, 0.4) is 0 Å². The van der Waals surface area contributed by atoms with Crippen LogP contribution in [0.15, 0.2) is 18.2 Å². The zero-order valence-electron chi connectivity index (χ0n) is 13.8. The van der Waals surface area contributed by atoms with Crippen LogP contribution < -0.4 is 4.74 Å². The molecule has 0 radical (unpaired) electrons. The highest BCUT2D eigenvalue weighted by Gasteiger charge is 2.36. The number of hydrogen-bond acceptors (Lipinski definition) is 4. The van der Waals surface area contributed by atoms with E-state index in [1.54, 1.807) is 0 Å². The molecule has 3 rings (SSSR count). The molecule has 2 fully saturated rings. The molecule has 1 heterocycles. The predicted molar refractivity (Wildman–Crippen MR) is 86.1 cm³/mol. The molecule has 24 heavy (non-hydrogen) atoms. The van der Waals surface area contributed by atoms with Crippen molar-refractivity contribution in [2.75, 3.05) is 32.9 Å². The van der Waals surface area contributed by atoms with E-state index in [0.29, 0.717) is 19.2 Å². The Morgan fingerprint density at radius 2 is 2.00 bits per heavy atom. The summed E-state index contributed by atoms with van der Waals surface area (Å²) < 4.78 is 37.3. The second-order valence-electron chi connectivity index (χ2n) is 6.90. The first-order chi connectivity index (χ1) is 11.6. The molecular formula is C18H25F2NO3. The van der Waals surface area contributed by atoms with Gasteiger partial charge in [0.1, 0.15) is 18.0 Å². The Morgan fingerprint density at radius 3 is 2.75 bits per heavy atom. The zero-order valence-corrected chi connectivity index (χ0v) is 13.8. The molecule has 1 saturated carbocycles. The van der Waals surface area contributed by atoms with E-state index >= 15 is 0 Å². The van der Waals surface area contributed by atoms with Gasteiger partial charge < -0.3 is 14.6 Å². The maximum atomic E-state index is 13.3. The topological polar surface area (TPSA) is 41.9 Å². The van der Waals surface area contributed by atoms with Gasteiger partial charge in [0.25, 0.3) is 0 Å². The molecule has 6 heteroatoms. The van der Waals surface area contributed by atoms with Crippen molar-refractivity contribution in [2.45, 2.75) is 43.7 Å². The minimum absolute atomic E-state index is 0.0126. The largest absolute Gasteiger partial charge is 0.490 e. The normalized spacial score (nSPS) is 27.0. The Kier molecular flexibility index (Phi) is 5.69. The van der Waals surface area contributed by atoms with Crippen LogP contribution in [0, 0.1) is 11.6 Å². The molecule has 1 aromatic rings. The van der Waals surface area contributed by atoms with Crippen molar-refractivity contribution in [3.8, 4) is 5.75 Å². The highest BCUT2D eigenvalue weighted by Crippen LogP contribution is 2.26. The van der Waals surface area contributed by atoms with E-state index in [1.165, 1.54) is 25.3 Å². The molecule has 1 atom stereocenters. The molecule has 0 spiro atoms. The fourth-order valence-corrected chi connectivity index (χ4v) is 3.58. The quantitative estimate of drug-likeness (QED) is 0.914. The summed E-state index contributed by atoms with van der Waals surface area (Å²) in [5.41, 5.74) is -1.15. The summed E-state index contributed by atoms with van der Waals surface area (Å²) in [4.78, 5) is 2.29. The van der Waals surface area contributed by atoms with Crippen LogP contribution in [0.25, 0.3) is 0 Å². The summed E-state index contributed by atoms with van der Waals surface area (Å²) in [6.45, 7) is 2.03. The van der Waals surface area contributed by atoms with E-state index in [-0.39, 0.29) is 19.0 Å². The average molecular weight is 341 g/mol. The molecule has 0 bridgehead atoms. The van der Waals surface area contributed by atoms with Crippen LogP contribution in [0.4, 0.5) is 8.78 Å². The monoisotopic (exact) mass is 341 g/mol. The van der Waals surface area contributed by atoms with Crippen molar-refractivity contribution in [1.29, 1.82) is 0 Å². The van der Waals surface area contributed by atoms with Crippen LogP contribution in [0.1, 0.15) is 32.1 Å². The highest BCUT2D eigenvalue weighted by atomic mass is 19.2. The lowest BCUT2D eigenvalue weighted by molar-refractivity contribution is -0.0682. The van der Waals surface area contributed by atoms with E-state index in [1.807, 2.05) is 0 Å². The lowest BCUT2D eigenvalue weighted by Gasteiger charge is -2.37. The molecule has 1 unspecified atom stereocenters. The molecule has 1 aliphatic carbocycles. The summed E-state index contributed by atoms with van der Waals surface area (Å²) in [7, 11) is 0. The van der Waals surface area contributed by atoms with Crippen LogP contribution in [-0.2, 0) is 4.74 Å². The van der Waals surface area contributed by atoms with Crippen molar-refractivity contribution >= 4 is 0 Å². The molecule has 2 aliphatic rings. The molecule has 0 aromatic heterocycles. The van der Waals surface area contributed by atoms with Gasteiger partial charge in [0.15, 0.2) is 11.6 Å². The Balaban J connectivity index is 1.62. The fraction of sp³-hybridized carbons (Fsp3) is 0.667. The Hall–Kier alpha value is -1.24. The Morgan fingerprint density at radius 1 is 1.21 bits per heavy atom. The van der Waals surface area contributed by atoms with Gasteiger partial charge in [0.2, 0.25) is 0 Å². The van der Waals surface area contributed by atoms with Gasteiger partial charge in [-0.15, -0.1) is 0 Å². The number of ether oxygens (including phenoxy) is 2. The first-order valence-corrected chi connectivity index (χ1v) is 8.68. The molecule has 1 saturated heterocycles. The lowest BCUT2D eigenvalue weighted by atomic mass is 9.93. The Labute approximate surface area is 141 Å². The van der Waals surface area contributed by atoms with Gasteiger partial charge in [0, 0.05) is 25.2 Å². The Bertz CT molecular complexity index is 551. The van der Waals surface area contributed by atoms with Gasteiger partial charge in [-0.25, -0.2) is 8.78 Å². The molecule has 4 nitrogen and oxygen atoms in total. The SMILES string of the molecule is OC1(COc2ccc(F)c(F)c2)COCCN(C2CCCCC2)C1. The summed E-state index contributed by atoms with van der Waals surface area (Å²) in [5, 5.41) is 10.9. The molecule has 134 valence electrons. The third kappa shape index (κ3) is 4.43. The van der Waals surface area contributed by atoms with Crippen LogP contribution >= 0.6 is 0 Å². The second kappa shape index (κ2) is 7.76. The second-order valence-corrected chi connectivity index (χ2v) is 6.90. The van der Waals surface area contributed by atoms with Crippen molar-refractivity contribution in [3.05, 3.63) is 29.8 Å². The summed E-state index contributed by atoms with van der Waals surface area (Å²) >= 11 is 0. The van der Waals surface area contributed by atoms with Gasteiger partial charge in [-0.3, -0.25) is 4.90 Å². The van der Waals surface area contributed by atoms with Crippen molar-refractivity contribution in [2.24, 2.45) is 0 Å². The fourth-order valence-electron chi connectivity index (χ4n) is 3.58. The van der Waals surface area contributed by atoms with E-state index in [4.69, 9.17) is 9.47 Å². The van der Waals surface area contributed by atoms with Crippen LogP contribution in [0.5, 0.6) is 5.75 Å². The standard InChI is InChI=1S/C18H25F2NO3/c19-16-7-6-15(10-17(16)20)24-13-18(22)11-21(8-9-23-12-18)14-4-2-1-3-5-14/h6-7,10,14,22H,1-5,8-9,11-13H2. The van der Waals surface area contributed by atoms with Crippen molar-refractivity contribution in [3.63, 3.8) is 0 Å². The maximum absolute atomic E-state index is 13.3. The van der Waals surface area contributed by atoms with Crippen molar-refractivity contribution < 1.29 is 23.4 Å². The average Bonchev–Trinajstić information content (AvgIpc) is 2.79. The number of benzene rings is 1. The molecule has 1 N–H and O–H groups in total. The van der Waals surface area contributed by atoms with E-state index in [2.05, 4.69) is 4.90 Å². The third-order valence-electron chi connectivity index (χ3n) is 4.88. The predicted octanol–water partition coefficient (Wildman–Crippen LogP) is 2.74. The first kappa shape index (κ1) is 17.6. The third-order valence-corrected chi connectivity index (χ3v) is 4.88.